The van der Waals surface area contributed by atoms with Crippen LogP contribution in [0.3, 0.4) is 0 Å². The third-order valence-corrected chi connectivity index (χ3v) is 5.77. The Morgan fingerprint density at radius 3 is 2.07 bits per heavy atom. The topological polar surface area (TPSA) is 81.6 Å². The number of aliphatic hydroxyl groups is 1. The Morgan fingerprint density at radius 1 is 0.867 bits per heavy atom. The molecule has 4 N–H and O–H groups in total. The van der Waals surface area contributed by atoms with Crippen LogP contribution in [0.1, 0.15) is 11.1 Å². The third-order valence-electron chi connectivity index (χ3n) is 4.69. The molecule has 0 aliphatic heterocycles. The van der Waals surface area contributed by atoms with Gasteiger partial charge >= 0.3 is 6.09 Å². The fourth-order valence-electron chi connectivity index (χ4n) is 3.08. The first-order valence-electron chi connectivity index (χ1n) is 9.82. The van der Waals surface area contributed by atoms with Crippen LogP contribution < -0.4 is 10.6 Å². The van der Waals surface area contributed by atoms with Crippen molar-refractivity contribution in [3.63, 3.8) is 0 Å². The number of hydrogen-bond acceptors (Lipinski definition) is 4. The molecule has 1 amide bonds. The molecule has 30 heavy (non-hydrogen) atoms. The van der Waals surface area contributed by atoms with Crippen molar-refractivity contribution in [1.29, 1.82) is 0 Å². The fraction of sp³-hybridized carbons (Fsp3) is 0.208. The average molecular weight is 423 g/mol. The highest BCUT2D eigenvalue weighted by Gasteiger charge is 2.21. The highest BCUT2D eigenvalue weighted by atomic mass is 32.2. The van der Waals surface area contributed by atoms with E-state index in [1.54, 1.807) is 11.8 Å². The maximum absolute atomic E-state index is 11.1. The predicted molar refractivity (Wildman–Crippen MR) is 122 cm³/mol. The number of nitrogens with one attached hydrogen (secondary N) is 2. The molecule has 2 atom stereocenters. The van der Waals surface area contributed by atoms with Gasteiger partial charge in [0.05, 0.1) is 12.1 Å². The zero-order valence-corrected chi connectivity index (χ0v) is 17.4. The molecule has 3 rings (SSSR count). The van der Waals surface area contributed by atoms with Crippen molar-refractivity contribution in [1.82, 2.24) is 5.32 Å². The summed E-state index contributed by atoms with van der Waals surface area (Å²) in [5.41, 5.74) is 3.13. The number of thioether (sulfide) groups is 1. The summed E-state index contributed by atoms with van der Waals surface area (Å²) in [4.78, 5) is 12.3. The van der Waals surface area contributed by atoms with Gasteiger partial charge in [0.15, 0.2) is 0 Å². The van der Waals surface area contributed by atoms with E-state index >= 15 is 0 Å². The largest absolute Gasteiger partial charge is 0.465 e. The SMILES string of the molecule is O=C(O)N[C@H](Cc1ccccc1)[C@@H](O)CNc1ccc(SCc2ccccc2)cc1. The summed E-state index contributed by atoms with van der Waals surface area (Å²) in [5, 5.41) is 25.3. The first kappa shape index (κ1) is 21.7. The van der Waals surface area contributed by atoms with Crippen LogP contribution in [0.4, 0.5) is 10.5 Å². The molecule has 0 spiro atoms. The summed E-state index contributed by atoms with van der Waals surface area (Å²) in [5.74, 6) is 0.911. The smallest absolute Gasteiger partial charge is 0.404 e. The summed E-state index contributed by atoms with van der Waals surface area (Å²) in [6, 6.07) is 27.3. The van der Waals surface area contributed by atoms with Crippen LogP contribution in [-0.4, -0.2) is 35.0 Å². The minimum Gasteiger partial charge on any atom is -0.465 e. The van der Waals surface area contributed by atoms with Gasteiger partial charge in [-0.25, -0.2) is 4.79 Å². The second-order valence-electron chi connectivity index (χ2n) is 6.99. The van der Waals surface area contributed by atoms with E-state index < -0.39 is 18.2 Å². The average Bonchev–Trinajstić information content (AvgIpc) is 2.77. The lowest BCUT2D eigenvalue weighted by atomic mass is 10.0. The van der Waals surface area contributed by atoms with E-state index in [0.717, 1.165) is 17.0 Å². The Labute approximate surface area is 181 Å². The lowest BCUT2D eigenvalue weighted by Crippen LogP contribution is -2.47. The van der Waals surface area contributed by atoms with E-state index in [4.69, 9.17) is 5.11 Å². The van der Waals surface area contributed by atoms with Gasteiger partial charge in [0.1, 0.15) is 0 Å². The maximum atomic E-state index is 11.1. The van der Waals surface area contributed by atoms with Gasteiger partial charge in [0.2, 0.25) is 0 Å². The molecule has 3 aromatic carbocycles. The minimum atomic E-state index is -1.14. The van der Waals surface area contributed by atoms with Gasteiger partial charge in [0, 0.05) is 22.9 Å². The van der Waals surface area contributed by atoms with Gasteiger partial charge in [-0.15, -0.1) is 11.8 Å². The van der Waals surface area contributed by atoms with Crippen molar-refractivity contribution >= 4 is 23.5 Å². The number of hydrogen-bond donors (Lipinski definition) is 4. The molecule has 0 fully saturated rings. The molecule has 156 valence electrons. The molecule has 0 aliphatic carbocycles. The highest BCUT2D eigenvalue weighted by molar-refractivity contribution is 7.98. The Hall–Kier alpha value is -2.96. The normalized spacial score (nSPS) is 12.7. The number of carboxylic acid groups (broad SMARTS) is 1. The number of benzene rings is 3. The van der Waals surface area contributed by atoms with Gasteiger partial charge in [-0.2, -0.15) is 0 Å². The highest BCUT2D eigenvalue weighted by Crippen LogP contribution is 2.24. The van der Waals surface area contributed by atoms with Crippen LogP contribution >= 0.6 is 11.8 Å². The summed E-state index contributed by atoms with van der Waals surface area (Å²) in [6.07, 6.45) is -1.59. The van der Waals surface area contributed by atoms with Gasteiger partial charge in [-0.1, -0.05) is 60.7 Å². The molecular weight excluding hydrogens is 396 g/mol. The van der Waals surface area contributed by atoms with E-state index in [0.29, 0.717) is 6.42 Å². The monoisotopic (exact) mass is 422 g/mol. The standard InChI is InChI=1S/C24H26N2O3S/c27-23(22(26-24(28)29)15-18-7-3-1-4-8-18)16-25-20-11-13-21(14-12-20)30-17-19-9-5-2-6-10-19/h1-14,22-23,25-27H,15-17H2,(H,28,29)/t22-,23+/m1/s1. The van der Waals surface area contributed by atoms with Gasteiger partial charge in [-0.05, 0) is 41.8 Å². The second-order valence-corrected chi connectivity index (χ2v) is 8.04. The number of rotatable bonds is 10. The van der Waals surface area contributed by atoms with Crippen LogP contribution in [0.5, 0.6) is 0 Å². The maximum Gasteiger partial charge on any atom is 0.404 e. The lowest BCUT2D eigenvalue weighted by Gasteiger charge is -2.23. The summed E-state index contributed by atoms with van der Waals surface area (Å²) >= 11 is 1.77. The first-order valence-corrected chi connectivity index (χ1v) is 10.8. The van der Waals surface area contributed by atoms with E-state index in [-0.39, 0.29) is 6.54 Å². The number of aliphatic hydroxyl groups excluding tert-OH is 1. The van der Waals surface area contributed by atoms with Crippen molar-refractivity contribution in [3.05, 3.63) is 96.1 Å². The fourth-order valence-corrected chi connectivity index (χ4v) is 3.94. The Bertz CT molecular complexity index is 905. The van der Waals surface area contributed by atoms with Crippen LogP contribution in [0.2, 0.25) is 0 Å². The number of carbonyl (C=O) groups is 1. The van der Waals surface area contributed by atoms with Crippen molar-refractivity contribution in [3.8, 4) is 0 Å². The quantitative estimate of drug-likeness (QED) is 0.358. The van der Waals surface area contributed by atoms with Crippen molar-refractivity contribution < 1.29 is 15.0 Å². The summed E-state index contributed by atoms with van der Waals surface area (Å²) in [7, 11) is 0. The van der Waals surface area contributed by atoms with Crippen LogP contribution in [0.25, 0.3) is 0 Å². The second kappa shape index (κ2) is 11.3. The zero-order chi connectivity index (χ0) is 21.2. The summed E-state index contributed by atoms with van der Waals surface area (Å²) < 4.78 is 0. The van der Waals surface area contributed by atoms with Crippen LogP contribution in [0, 0.1) is 0 Å². The molecule has 0 bridgehead atoms. The van der Waals surface area contributed by atoms with Gasteiger partial charge in [-0.3, -0.25) is 0 Å². The molecule has 0 unspecified atom stereocenters. The molecule has 0 radical (unpaired) electrons. The van der Waals surface area contributed by atoms with Gasteiger partial charge in [0.25, 0.3) is 0 Å². The van der Waals surface area contributed by atoms with Crippen molar-refractivity contribution in [2.24, 2.45) is 0 Å². The van der Waals surface area contributed by atoms with Crippen molar-refractivity contribution in [2.45, 2.75) is 29.2 Å². The van der Waals surface area contributed by atoms with E-state index in [9.17, 15) is 9.90 Å². The molecule has 0 aromatic heterocycles. The third kappa shape index (κ3) is 7.13. The lowest BCUT2D eigenvalue weighted by molar-refractivity contribution is 0.128. The molecular formula is C24H26N2O3S. The van der Waals surface area contributed by atoms with E-state index in [1.165, 1.54) is 10.5 Å². The molecule has 0 saturated carbocycles. The number of anilines is 1. The minimum absolute atomic E-state index is 0.244. The first-order chi connectivity index (χ1) is 14.6. The zero-order valence-electron chi connectivity index (χ0n) is 16.6. The predicted octanol–water partition coefficient (Wildman–Crippen LogP) is 4.63. The Kier molecular flexibility index (Phi) is 8.18. The molecule has 0 heterocycles. The van der Waals surface area contributed by atoms with Gasteiger partial charge < -0.3 is 20.8 Å². The molecule has 5 nitrogen and oxygen atoms in total. The Morgan fingerprint density at radius 2 is 1.47 bits per heavy atom. The molecule has 6 heteroatoms. The Balaban J connectivity index is 1.51. The molecule has 0 aliphatic rings. The van der Waals surface area contributed by atoms with Crippen molar-refractivity contribution in [2.75, 3.05) is 11.9 Å². The van der Waals surface area contributed by atoms with E-state index in [2.05, 4.69) is 22.8 Å². The summed E-state index contributed by atoms with van der Waals surface area (Å²) in [6.45, 7) is 0.244. The molecule has 0 saturated heterocycles. The number of amides is 1. The van der Waals surface area contributed by atoms with E-state index in [1.807, 2.05) is 72.8 Å². The van der Waals surface area contributed by atoms with Crippen LogP contribution in [-0.2, 0) is 12.2 Å². The van der Waals surface area contributed by atoms with Crippen LogP contribution in [0.15, 0.2) is 89.8 Å². The molecule has 3 aromatic rings.